The van der Waals surface area contributed by atoms with Gasteiger partial charge in [-0.05, 0) is 47.9 Å². The van der Waals surface area contributed by atoms with E-state index in [-0.39, 0.29) is 11.8 Å². The van der Waals surface area contributed by atoms with E-state index in [1.54, 1.807) is 12.1 Å². The number of halogens is 1. The van der Waals surface area contributed by atoms with Gasteiger partial charge in [-0.2, -0.15) is 0 Å². The second-order valence-electron chi connectivity index (χ2n) is 5.02. The van der Waals surface area contributed by atoms with Crippen LogP contribution in [0.25, 0.3) is 0 Å². The molecule has 2 aromatic carbocycles. The number of hydrogen-bond donors (Lipinski definition) is 2. The van der Waals surface area contributed by atoms with Crippen LogP contribution in [0.4, 0.5) is 5.69 Å². The molecule has 1 aliphatic heterocycles. The van der Waals surface area contributed by atoms with E-state index in [1.165, 1.54) is 0 Å². The molecular formula is C16H14ClNO2. The van der Waals surface area contributed by atoms with Gasteiger partial charge in [0.15, 0.2) is 0 Å². The summed E-state index contributed by atoms with van der Waals surface area (Å²) in [7, 11) is 0. The first-order valence-corrected chi connectivity index (χ1v) is 6.82. The zero-order valence-electron chi connectivity index (χ0n) is 10.9. The van der Waals surface area contributed by atoms with Crippen molar-refractivity contribution in [1.82, 2.24) is 0 Å². The number of carbonyl (C=O) groups is 1. The smallest absolute Gasteiger partial charge is 0.231 e. The summed E-state index contributed by atoms with van der Waals surface area (Å²) in [5, 5.41) is 13.8. The molecule has 4 heteroatoms. The van der Waals surface area contributed by atoms with Crippen molar-refractivity contribution in [1.29, 1.82) is 0 Å². The lowest BCUT2D eigenvalue weighted by Crippen LogP contribution is -2.08. The number of nitrogens with one attached hydrogen (secondary N) is 1. The summed E-state index contributed by atoms with van der Waals surface area (Å²) >= 11 is 5.95. The van der Waals surface area contributed by atoms with Gasteiger partial charge in [-0.3, -0.25) is 4.79 Å². The first kappa shape index (κ1) is 13.2. The van der Waals surface area contributed by atoms with Gasteiger partial charge in [-0.1, -0.05) is 29.8 Å². The maximum Gasteiger partial charge on any atom is 0.231 e. The monoisotopic (exact) mass is 287 g/mol. The van der Waals surface area contributed by atoms with Crippen molar-refractivity contribution in [3.63, 3.8) is 0 Å². The Morgan fingerprint density at radius 1 is 1.20 bits per heavy atom. The lowest BCUT2D eigenvalue weighted by molar-refractivity contribution is -0.116. The van der Waals surface area contributed by atoms with Crippen molar-refractivity contribution in [3.8, 4) is 0 Å². The Hall–Kier alpha value is -1.84. The third-order valence-electron chi connectivity index (χ3n) is 3.67. The second kappa shape index (κ2) is 4.93. The van der Waals surface area contributed by atoms with Gasteiger partial charge >= 0.3 is 0 Å². The minimum atomic E-state index is -0.748. The summed E-state index contributed by atoms with van der Waals surface area (Å²) in [6.45, 7) is 1.86. The van der Waals surface area contributed by atoms with Crippen molar-refractivity contribution in [2.75, 3.05) is 5.32 Å². The van der Waals surface area contributed by atoms with Crippen LogP contribution in [0.5, 0.6) is 0 Å². The Bertz CT molecular complexity index is 684. The average Bonchev–Trinajstić information content (AvgIpc) is 2.73. The van der Waals surface area contributed by atoms with Crippen LogP contribution in [0.15, 0.2) is 42.5 Å². The molecule has 102 valence electrons. The van der Waals surface area contributed by atoms with Gasteiger partial charge in [0.1, 0.15) is 6.10 Å². The summed E-state index contributed by atoms with van der Waals surface area (Å²) in [5.41, 5.74) is 3.25. The number of hydrogen-bond acceptors (Lipinski definition) is 2. The van der Waals surface area contributed by atoms with Crippen molar-refractivity contribution in [2.24, 2.45) is 0 Å². The fourth-order valence-electron chi connectivity index (χ4n) is 2.47. The average molecular weight is 288 g/mol. The predicted molar refractivity (Wildman–Crippen MR) is 79.0 cm³/mol. The molecule has 0 saturated carbocycles. The van der Waals surface area contributed by atoms with Crippen molar-refractivity contribution >= 4 is 23.2 Å². The number of anilines is 1. The molecule has 0 bridgehead atoms. The largest absolute Gasteiger partial charge is 0.384 e. The molecule has 0 aromatic heterocycles. The lowest BCUT2D eigenvalue weighted by atomic mass is 9.95. The molecule has 0 radical (unpaired) electrons. The first-order valence-electron chi connectivity index (χ1n) is 6.44. The van der Waals surface area contributed by atoms with Crippen LogP contribution >= 0.6 is 11.6 Å². The molecule has 1 amide bonds. The number of rotatable bonds is 2. The maximum absolute atomic E-state index is 11.6. The number of carbonyl (C=O) groups excluding carboxylic acids is 1. The molecule has 20 heavy (non-hydrogen) atoms. The highest BCUT2D eigenvalue weighted by molar-refractivity contribution is 6.30. The Morgan fingerprint density at radius 2 is 1.95 bits per heavy atom. The van der Waals surface area contributed by atoms with E-state index >= 15 is 0 Å². The van der Waals surface area contributed by atoms with Crippen molar-refractivity contribution in [2.45, 2.75) is 18.9 Å². The Morgan fingerprint density at radius 3 is 2.70 bits per heavy atom. The van der Waals surface area contributed by atoms with Crippen LogP contribution in [-0.2, 0) is 4.79 Å². The van der Waals surface area contributed by atoms with E-state index in [9.17, 15) is 9.90 Å². The van der Waals surface area contributed by atoms with Crippen LogP contribution in [0.1, 0.15) is 35.6 Å². The number of amides is 1. The molecule has 0 aliphatic carbocycles. The quantitative estimate of drug-likeness (QED) is 0.888. The highest BCUT2D eigenvalue weighted by Crippen LogP contribution is 2.35. The number of aliphatic hydroxyl groups excluding tert-OH is 1. The van der Waals surface area contributed by atoms with E-state index in [2.05, 4.69) is 5.32 Å². The molecule has 2 unspecified atom stereocenters. The highest BCUT2D eigenvalue weighted by atomic mass is 35.5. The van der Waals surface area contributed by atoms with Gasteiger partial charge < -0.3 is 10.4 Å². The van der Waals surface area contributed by atoms with E-state index in [0.29, 0.717) is 5.02 Å². The lowest BCUT2D eigenvalue weighted by Gasteiger charge is -2.13. The van der Waals surface area contributed by atoms with E-state index in [4.69, 9.17) is 11.6 Å². The minimum absolute atomic E-state index is 0.00519. The van der Waals surface area contributed by atoms with Crippen molar-refractivity contribution < 1.29 is 9.90 Å². The number of benzene rings is 2. The zero-order valence-corrected chi connectivity index (χ0v) is 11.7. The first-order chi connectivity index (χ1) is 9.56. The van der Waals surface area contributed by atoms with E-state index < -0.39 is 6.10 Å². The normalized spacial score (nSPS) is 18.6. The van der Waals surface area contributed by atoms with Gasteiger partial charge in [-0.15, -0.1) is 0 Å². The molecule has 3 rings (SSSR count). The third kappa shape index (κ3) is 2.19. The van der Waals surface area contributed by atoms with E-state index in [0.717, 1.165) is 22.4 Å². The van der Waals surface area contributed by atoms with Gasteiger partial charge in [0, 0.05) is 10.7 Å². The van der Waals surface area contributed by atoms with Crippen LogP contribution in [0, 0.1) is 0 Å². The molecule has 2 atom stereocenters. The van der Waals surface area contributed by atoms with Crippen LogP contribution in [0.3, 0.4) is 0 Å². The minimum Gasteiger partial charge on any atom is -0.384 e. The van der Waals surface area contributed by atoms with Gasteiger partial charge in [0.05, 0.1) is 5.92 Å². The standard InChI is InChI=1S/C16H14ClNO2/c1-9-13-8-11(5-6-14(13)18-16(9)20)15(19)10-3-2-4-12(17)7-10/h2-9,15,19H,1H3,(H,18,20). The van der Waals surface area contributed by atoms with Crippen LogP contribution < -0.4 is 5.32 Å². The Labute approximate surface area is 122 Å². The number of fused-ring (bicyclic) bond motifs is 1. The molecule has 1 heterocycles. The molecule has 2 N–H and O–H groups in total. The zero-order chi connectivity index (χ0) is 14.3. The molecule has 0 spiro atoms. The molecule has 0 fully saturated rings. The fraction of sp³-hybridized carbons (Fsp3) is 0.188. The van der Waals surface area contributed by atoms with Gasteiger partial charge in [0.25, 0.3) is 0 Å². The summed E-state index contributed by atoms with van der Waals surface area (Å²) in [4.78, 5) is 11.6. The SMILES string of the molecule is CC1C(=O)Nc2ccc(C(O)c3cccc(Cl)c3)cc21. The molecule has 3 nitrogen and oxygen atoms in total. The van der Waals surface area contributed by atoms with E-state index in [1.807, 2.05) is 37.3 Å². The van der Waals surface area contributed by atoms with Gasteiger partial charge in [0.2, 0.25) is 5.91 Å². The summed E-state index contributed by atoms with van der Waals surface area (Å²) in [5.74, 6) is -0.189. The molecule has 0 saturated heterocycles. The second-order valence-corrected chi connectivity index (χ2v) is 5.45. The maximum atomic E-state index is 11.6. The third-order valence-corrected chi connectivity index (χ3v) is 3.91. The molecule has 2 aromatic rings. The van der Waals surface area contributed by atoms with Crippen LogP contribution in [0.2, 0.25) is 5.02 Å². The summed E-state index contributed by atoms with van der Waals surface area (Å²) in [6.07, 6.45) is -0.748. The summed E-state index contributed by atoms with van der Waals surface area (Å²) < 4.78 is 0. The highest BCUT2D eigenvalue weighted by Gasteiger charge is 2.27. The Kier molecular flexibility index (Phi) is 3.24. The number of aliphatic hydroxyl groups is 1. The molecule has 1 aliphatic rings. The summed E-state index contributed by atoms with van der Waals surface area (Å²) in [6, 6.07) is 12.7. The molecular weight excluding hydrogens is 274 g/mol. The van der Waals surface area contributed by atoms with Crippen LogP contribution in [-0.4, -0.2) is 11.0 Å². The Balaban J connectivity index is 1.98. The van der Waals surface area contributed by atoms with Gasteiger partial charge in [-0.25, -0.2) is 0 Å². The predicted octanol–water partition coefficient (Wildman–Crippen LogP) is 3.48. The topological polar surface area (TPSA) is 49.3 Å². The van der Waals surface area contributed by atoms with Crippen molar-refractivity contribution in [3.05, 3.63) is 64.2 Å². The fourth-order valence-corrected chi connectivity index (χ4v) is 2.67.